The number of amides is 1. The van der Waals surface area contributed by atoms with Crippen LogP contribution in [0.4, 0.5) is 8.78 Å². The Morgan fingerprint density at radius 1 is 1.43 bits per heavy atom. The van der Waals surface area contributed by atoms with E-state index >= 15 is 0 Å². The van der Waals surface area contributed by atoms with Crippen molar-refractivity contribution in [1.29, 1.82) is 0 Å². The summed E-state index contributed by atoms with van der Waals surface area (Å²) in [6.07, 6.45) is 1.56. The largest absolute Gasteiger partial charge is 0.372 e. The highest BCUT2D eigenvalue weighted by molar-refractivity contribution is 5.77. The van der Waals surface area contributed by atoms with Crippen molar-refractivity contribution >= 4 is 5.91 Å². The fourth-order valence-electron chi connectivity index (χ4n) is 2.30. The van der Waals surface area contributed by atoms with Crippen LogP contribution in [0.25, 0.3) is 5.69 Å². The van der Waals surface area contributed by atoms with Crippen molar-refractivity contribution in [2.24, 2.45) is 0 Å². The van der Waals surface area contributed by atoms with Crippen LogP contribution in [0.15, 0.2) is 24.4 Å². The molecule has 1 aromatic heterocycles. The van der Waals surface area contributed by atoms with E-state index in [1.807, 2.05) is 6.92 Å². The summed E-state index contributed by atoms with van der Waals surface area (Å²) in [4.78, 5) is 11.7. The van der Waals surface area contributed by atoms with Gasteiger partial charge in [-0.2, -0.15) is 5.10 Å². The summed E-state index contributed by atoms with van der Waals surface area (Å²) in [5, 5.41) is 6.93. The van der Waals surface area contributed by atoms with Gasteiger partial charge < -0.3 is 10.1 Å². The molecule has 2 rings (SSSR count). The van der Waals surface area contributed by atoms with Crippen LogP contribution < -0.4 is 5.32 Å². The van der Waals surface area contributed by atoms with Crippen LogP contribution in [0.2, 0.25) is 0 Å². The molecule has 23 heavy (non-hydrogen) atoms. The number of nitrogens with zero attached hydrogens (tertiary/aromatic N) is 2. The molecule has 2 aromatic rings. The number of aromatic nitrogens is 2. The van der Waals surface area contributed by atoms with Gasteiger partial charge in [-0.15, -0.1) is 0 Å². The van der Waals surface area contributed by atoms with Crippen molar-refractivity contribution in [2.45, 2.75) is 26.8 Å². The zero-order valence-electron chi connectivity index (χ0n) is 13.3. The number of nitrogens with one attached hydrogen (secondary N) is 1. The number of benzene rings is 1. The van der Waals surface area contributed by atoms with Crippen molar-refractivity contribution in [3.05, 3.63) is 47.3 Å². The highest BCUT2D eigenvalue weighted by Crippen LogP contribution is 2.22. The van der Waals surface area contributed by atoms with E-state index in [9.17, 15) is 13.6 Å². The summed E-state index contributed by atoms with van der Waals surface area (Å²) in [5.74, 6) is -1.58. The Morgan fingerprint density at radius 2 is 2.17 bits per heavy atom. The minimum absolute atomic E-state index is 0.0133. The maximum Gasteiger partial charge on any atom is 0.246 e. The van der Waals surface area contributed by atoms with Gasteiger partial charge in [0, 0.05) is 23.9 Å². The number of hydrogen-bond donors (Lipinski definition) is 1. The van der Waals surface area contributed by atoms with Crippen molar-refractivity contribution in [1.82, 2.24) is 15.1 Å². The molecule has 0 bridgehead atoms. The average molecular weight is 323 g/mol. The first-order valence-electron chi connectivity index (χ1n) is 7.31. The van der Waals surface area contributed by atoms with Crippen molar-refractivity contribution in [3.63, 3.8) is 0 Å². The lowest BCUT2D eigenvalue weighted by Crippen LogP contribution is -2.30. The molecule has 0 aliphatic rings. The van der Waals surface area contributed by atoms with E-state index in [0.29, 0.717) is 12.3 Å². The number of hydrogen-bond acceptors (Lipinski definition) is 3. The van der Waals surface area contributed by atoms with Gasteiger partial charge in [-0.1, -0.05) is 0 Å². The molecule has 0 saturated heterocycles. The predicted octanol–water partition coefficient (Wildman–Crippen LogP) is 2.67. The van der Waals surface area contributed by atoms with Crippen LogP contribution in [0.5, 0.6) is 0 Å². The molecule has 124 valence electrons. The molecule has 1 aromatic carbocycles. The molecular weight excluding hydrogens is 304 g/mol. The number of halogens is 2. The molecule has 1 atom stereocenters. The van der Waals surface area contributed by atoms with E-state index < -0.39 is 11.6 Å². The van der Waals surface area contributed by atoms with Crippen LogP contribution in [-0.2, 0) is 9.53 Å². The fraction of sp³-hybridized carbons (Fsp3) is 0.375. The summed E-state index contributed by atoms with van der Waals surface area (Å²) < 4.78 is 33.3. The first-order valence-corrected chi connectivity index (χ1v) is 7.31. The molecule has 1 heterocycles. The monoisotopic (exact) mass is 323 g/mol. The predicted molar refractivity (Wildman–Crippen MR) is 81.3 cm³/mol. The van der Waals surface area contributed by atoms with Crippen LogP contribution >= 0.6 is 0 Å². The molecular formula is C16H19F2N3O2. The Kier molecular flexibility index (Phi) is 5.44. The van der Waals surface area contributed by atoms with Crippen LogP contribution in [0.3, 0.4) is 0 Å². The average Bonchev–Trinajstić information content (AvgIpc) is 2.87. The molecule has 0 unspecified atom stereocenters. The quantitative estimate of drug-likeness (QED) is 0.889. The third-order valence-corrected chi connectivity index (χ3v) is 3.47. The second kappa shape index (κ2) is 7.32. The number of ether oxygens (including phenoxy) is 1. The Labute approximate surface area is 133 Å². The van der Waals surface area contributed by atoms with Gasteiger partial charge in [0.1, 0.15) is 18.1 Å². The lowest BCUT2D eigenvalue weighted by Gasteiger charge is -2.14. The van der Waals surface area contributed by atoms with Gasteiger partial charge in [-0.3, -0.25) is 4.79 Å². The first kappa shape index (κ1) is 17.1. The van der Waals surface area contributed by atoms with Crippen molar-refractivity contribution in [3.8, 4) is 5.69 Å². The van der Waals surface area contributed by atoms with Gasteiger partial charge in [0.05, 0.1) is 12.2 Å². The van der Waals surface area contributed by atoms with Crippen LogP contribution in [0.1, 0.15) is 31.1 Å². The van der Waals surface area contributed by atoms with Gasteiger partial charge in [0.25, 0.3) is 0 Å². The van der Waals surface area contributed by atoms with Gasteiger partial charge in [-0.25, -0.2) is 13.5 Å². The first-order chi connectivity index (χ1) is 10.9. The standard InChI is InChI=1S/C16H19F2N3O2/c1-4-23-9-16(22)20-10(2)13-8-19-21(11(13)3)15-6-5-12(17)7-14(15)18/h5-8,10H,4,9H2,1-3H3,(H,20,22)/t10-/m0/s1. The summed E-state index contributed by atoms with van der Waals surface area (Å²) >= 11 is 0. The van der Waals surface area contributed by atoms with E-state index in [4.69, 9.17) is 4.74 Å². The third kappa shape index (κ3) is 3.92. The topological polar surface area (TPSA) is 56.1 Å². The second-order valence-corrected chi connectivity index (χ2v) is 5.12. The normalized spacial score (nSPS) is 12.2. The lowest BCUT2D eigenvalue weighted by molar-refractivity contribution is -0.126. The highest BCUT2D eigenvalue weighted by Gasteiger charge is 2.18. The zero-order chi connectivity index (χ0) is 17.0. The summed E-state index contributed by atoms with van der Waals surface area (Å²) in [5.41, 5.74) is 1.57. The molecule has 0 radical (unpaired) electrons. The SMILES string of the molecule is CCOCC(=O)N[C@@H](C)c1cnn(-c2ccc(F)cc2F)c1C. The maximum absolute atomic E-state index is 13.9. The molecule has 0 spiro atoms. The molecule has 0 aliphatic heterocycles. The molecule has 1 N–H and O–H groups in total. The Hall–Kier alpha value is -2.28. The summed E-state index contributed by atoms with van der Waals surface area (Å²) in [6.45, 7) is 5.82. The van der Waals surface area contributed by atoms with E-state index in [1.165, 1.54) is 16.8 Å². The summed E-state index contributed by atoms with van der Waals surface area (Å²) in [6, 6.07) is 3.00. The molecule has 0 aliphatic carbocycles. The maximum atomic E-state index is 13.9. The van der Waals surface area contributed by atoms with E-state index in [2.05, 4.69) is 10.4 Å². The van der Waals surface area contributed by atoms with E-state index in [1.54, 1.807) is 20.0 Å². The highest BCUT2D eigenvalue weighted by atomic mass is 19.1. The van der Waals surface area contributed by atoms with Gasteiger partial charge in [0.15, 0.2) is 5.82 Å². The van der Waals surface area contributed by atoms with Crippen LogP contribution in [0, 0.1) is 18.6 Å². The third-order valence-electron chi connectivity index (χ3n) is 3.47. The molecule has 7 heteroatoms. The lowest BCUT2D eigenvalue weighted by atomic mass is 10.1. The number of rotatable bonds is 6. The van der Waals surface area contributed by atoms with Gasteiger partial charge >= 0.3 is 0 Å². The van der Waals surface area contributed by atoms with E-state index in [-0.39, 0.29) is 24.2 Å². The minimum Gasteiger partial charge on any atom is -0.372 e. The molecule has 1 amide bonds. The molecule has 0 fully saturated rings. The Bertz CT molecular complexity index is 701. The Balaban J connectivity index is 2.20. The molecule has 0 saturated carbocycles. The van der Waals surface area contributed by atoms with Crippen molar-refractivity contribution in [2.75, 3.05) is 13.2 Å². The second-order valence-electron chi connectivity index (χ2n) is 5.12. The van der Waals surface area contributed by atoms with Gasteiger partial charge in [-0.05, 0) is 32.9 Å². The fourth-order valence-corrected chi connectivity index (χ4v) is 2.30. The zero-order valence-corrected chi connectivity index (χ0v) is 13.3. The van der Waals surface area contributed by atoms with E-state index in [0.717, 1.165) is 11.6 Å². The number of carbonyl (C=O) groups excluding carboxylic acids is 1. The molecule has 5 nitrogen and oxygen atoms in total. The summed E-state index contributed by atoms with van der Waals surface area (Å²) in [7, 11) is 0. The van der Waals surface area contributed by atoms with Gasteiger partial charge in [0.2, 0.25) is 5.91 Å². The number of carbonyl (C=O) groups is 1. The van der Waals surface area contributed by atoms with Crippen molar-refractivity contribution < 1.29 is 18.3 Å². The minimum atomic E-state index is -0.698. The Morgan fingerprint density at radius 3 is 2.83 bits per heavy atom. The smallest absolute Gasteiger partial charge is 0.246 e. The van der Waals surface area contributed by atoms with Crippen LogP contribution in [-0.4, -0.2) is 28.9 Å².